The van der Waals surface area contributed by atoms with E-state index in [9.17, 15) is 9.59 Å². The summed E-state index contributed by atoms with van der Waals surface area (Å²) in [6, 6.07) is 21.1. The second kappa shape index (κ2) is 9.97. The van der Waals surface area contributed by atoms with Gasteiger partial charge in [-0.2, -0.15) is 0 Å². The molecule has 1 aliphatic heterocycles. The number of nitrogens with zero attached hydrogens (tertiary/aromatic N) is 2. The molecule has 0 saturated carbocycles. The molecule has 0 fully saturated rings. The van der Waals surface area contributed by atoms with Crippen molar-refractivity contribution in [3.05, 3.63) is 101 Å². The first-order chi connectivity index (χ1) is 17.5. The first-order valence-electron chi connectivity index (χ1n) is 11.0. The number of anilines is 1. The number of benzene rings is 3. The molecule has 0 saturated heterocycles. The van der Waals surface area contributed by atoms with Crippen molar-refractivity contribution in [2.45, 2.75) is 0 Å². The summed E-state index contributed by atoms with van der Waals surface area (Å²) in [6.45, 7) is 0.135. The number of halogens is 1. The van der Waals surface area contributed by atoms with Crippen LogP contribution in [-0.2, 0) is 4.79 Å². The molecule has 2 amide bonds. The molecule has 0 radical (unpaired) electrons. The van der Waals surface area contributed by atoms with Crippen LogP contribution in [0.5, 0.6) is 11.5 Å². The van der Waals surface area contributed by atoms with Crippen LogP contribution in [0.25, 0.3) is 17.0 Å². The number of nitrogens with one attached hydrogen (secondary N) is 2. The average molecular weight is 501 g/mol. The van der Waals surface area contributed by atoms with Crippen molar-refractivity contribution in [3.8, 4) is 11.5 Å². The standard InChI is InChI=1S/C27H21ClN4O4/c1-32(23-11-12-29-21-15-19(28)8-9-20(21)23)31-27(34)22(30-26(33)18-5-3-2-4-6-18)13-17-7-10-24-25(14-17)36-16-35-24/h2-15H,16H2,1H3,(H,30,33)(H,31,34)/b22-13-. The fourth-order valence-corrected chi connectivity index (χ4v) is 3.95. The summed E-state index contributed by atoms with van der Waals surface area (Å²) in [7, 11) is 1.71. The normalized spacial score (nSPS) is 12.3. The number of hydrogen-bond acceptors (Lipinski definition) is 6. The van der Waals surface area contributed by atoms with E-state index < -0.39 is 11.8 Å². The van der Waals surface area contributed by atoms with Crippen LogP contribution in [0, 0.1) is 0 Å². The Balaban J connectivity index is 1.44. The third-order valence-corrected chi connectivity index (χ3v) is 5.78. The Bertz CT molecular complexity index is 1490. The maximum atomic E-state index is 13.4. The van der Waals surface area contributed by atoms with Gasteiger partial charge in [-0.25, -0.2) is 0 Å². The lowest BCUT2D eigenvalue weighted by Gasteiger charge is -2.23. The van der Waals surface area contributed by atoms with Gasteiger partial charge in [0, 0.05) is 29.2 Å². The summed E-state index contributed by atoms with van der Waals surface area (Å²) in [5.74, 6) is 0.260. The Morgan fingerprint density at radius 2 is 1.81 bits per heavy atom. The number of ether oxygens (including phenoxy) is 2. The molecule has 0 unspecified atom stereocenters. The largest absolute Gasteiger partial charge is 0.454 e. The number of hydrazine groups is 1. The lowest BCUT2D eigenvalue weighted by molar-refractivity contribution is -0.117. The van der Waals surface area contributed by atoms with Crippen LogP contribution in [0.15, 0.2) is 84.7 Å². The van der Waals surface area contributed by atoms with Crippen molar-refractivity contribution >= 4 is 46.1 Å². The van der Waals surface area contributed by atoms with Gasteiger partial charge in [-0.05, 0) is 60.2 Å². The fourth-order valence-electron chi connectivity index (χ4n) is 3.78. The molecule has 9 heteroatoms. The van der Waals surface area contributed by atoms with E-state index in [-0.39, 0.29) is 12.5 Å². The highest BCUT2D eigenvalue weighted by Gasteiger charge is 2.19. The minimum Gasteiger partial charge on any atom is -0.454 e. The lowest BCUT2D eigenvalue weighted by atomic mass is 10.1. The maximum absolute atomic E-state index is 13.4. The van der Waals surface area contributed by atoms with Crippen molar-refractivity contribution in [3.63, 3.8) is 0 Å². The lowest BCUT2D eigenvalue weighted by Crippen LogP contribution is -2.43. The maximum Gasteiger partial charge on any atom is 0.286 e. The summed E-state index contributed by atoms with van der Waals surface area (Å²) in [4.78, 5) is 30.6. The van der Waals surface area contributed by atoms with Gasteiger partial charge >= 0.3 is 0 Å². The van der Waals surface area contributed by atoms with Crippen molar-refractivity contribution in [2.75, 3.05) is 18.8 Å². The van der Waals surface area contributed by atoms with E-state index in [0.29, 0.717) is 38.9 Å². The Morgan fingerprint density at radius 3 is 2.64 bits per heavy atom. The van der Waals surface area contributed by atoms with Crippen molar-refractivity contribution in [1.82, 2.24) is 15.7 Å². The van der Waals surface area contributed by atoms with E-state index in [1.807, 2.05) is 12.1 Å². The average Bonchev–Trinajstić information content (AvgIpc) is 3.36. The second-order valence-corrected chi connectivity index (χ2v) is 8.42. The van der Waals surface area contributed by atoms with Crippen LogP contribution < -0.4 is 25.2 Å². The number of fused-ring (bicyclic) bond motifs is 2. The highest BCUT2D eigenvalue weighted by atomic mass is 35.5. The zero-order valence-electron chi connectivity index (χ0n) is 19.2. The number of aromatic nitrogens is 1. The number of pyridine rings is 1. The molecule has 2 N–H and O–H groups in total. The van der Waals surface area contributed by atoms with E-state index in [1.165, 1.54) is 0 Å². The molecule has 0 aliphatic carbocycles. The molecule has 2 heterocycles. The Labute approximate surface area is 212 Å². The zero-order chi connectivity index (χ0) is 25.1. The van der Waals surface area contributed by atoms with Gasteiger partial charge in [-0.3, -0.25) is 25.0 Å². The summed E-state index contributed by atoms with van der Waals surface area (Å²) >= 11 is 6.10. The van der Waals surface area contributed by atoms with Gasteiger partial charge in [0.15, 0.2) is 11.5 Å². The molecule has 1 aromatic heterocycles. The Kier molecular flexibility index (Phi) is 6.42. The van der Waals surface area contributed by atoms with E-state index in [2.05, 4.69) is 15.7 Å². The van der Waals surface area contributed by atoms with Crippen molar-refractivity contribution in [2.24, 2.45) is 0 Å². The van der Waals surface area contributed by atoms with Gasteiger partial charge in [0.05, 0.1) is 11.2 Å². The number of carbonyl (C=O) groups excluding carboxylic acids is 2. The molecule has 0 bridgehead atoms. The highest BCUT2D eigenvalue weighted by molar-refractivity contribution is 6.31. The van der Waals surface area contributed by atoms with Crippen molar-refractivity contribution in [1.29, 1.82) is 0 Å². The molecule has 4 aromatic rings. The molecule has 1 aliphatic rings. The minimum atomic E-state index is -0.515. The predicted octanol–water partition coefficient (Wildman–Crippen LogP) is 4.56. The zero-order valence-corrected chi connectivity index (χ0v) is 20.0. The van der Waals surface area contributed by atoms with Crippen LogP contribution in [-0.4, -0.2) is 30.6 Å². The third kappa shape index (κ3) is 4.94. The molecule has 36 heavy (non-hydrogen) atoms. The van der Waals surface area contributed by atoms with Crippen molar-refractivity contribution < 1.29 is 19.1 Å². The van der Waals surface area contributed by atoms with Gasteiger partial charge in [-0.15, -0.1) is 0 Å². The summed E-state index contributed by atoms with van der Waals surface area (Å²) in [5.41, 5.74) is 5.36. The van der Waals surface area contributed by atoms with Crippen LogP contribution >= 0.6 is 11.6 Å². The van der Waals surface area contributed by atoms with E-state index in [1.54, 1.807) is 85.0 Å². The summed E-state index contributed by atoms with van der Waals surface area (Å²) in [6.07, 6.45) is 3.22. The van der Waals surface area contributed by atoms with Crippen LogP contribution in [0.3, 0.4) is 0 Å². The predicted molar refractivity (Wildman–Crippen MR) is 138 cm³/mol. The highest BCUT2D eigenvalue weighted by Crippen LogP contribution is 2.33. The van der Waals surface area contributed by atoms with E-state index in [0.717, 1.165) is 5.39 Å². The van der Waals surface area contributed by atoms with Gasteiger partial charge in [0.1, 0.15) is 5.70 Å². The van der Waals surface area contributed by atoms with Gasteiger partial charge < -0.3 is 14.8 Å². The monoisotopic (exact) mass is 500 g/mol. The smallest absolute Gasteiger partial charge is 0.286 e. The molecule has 180 valence electrons. The second-order valence-electron chi connectivity index (χ2n) is 7.98. The quantitative estimate of drug-likeness (QED) is 0.298. The summed E-state index contributed by atoms with van der Waals surface area (Å²) in [5, 5.41) is 5.68. The number of carbonyl (C=O) groups is 2. The molecular weight excluding hydrogens is 480 g/mol. The Morgan fingerprint density at radius 1 is 1.00 bits per heavy atom. The number of hydrogen-bond donors (Lipinski definition) is 2. The Hall–Kier alpha value is -4.56. The minimum absolute atomic E-state index is 0.0518. The summed E-state index contributed by atoms with van der Waals surface area (Å²) < 4.78 is 10.8. The first kappa shape index (κ1) is 23.2. The van der Waals surface area contributed by atoms with E-state index in [4.69, 9.17) is 21.1 Å². The molecule has 8 nitrogen and oxygen atoms in total. The molecule has 3 aromatic carbocycles. The van der Waals surface area contributed by atoms with Gasteiger partial charge in [-0.1, -0.05) is 35.9 Å². The topological polar surface area (TPSA) is 92.8 Å². The number of rotatable bonds is 6. The van der Waals surface area contributed by atoms with Gasteiger partial charge in [0.2, 0.25) is 6.79 Å². The first-order valence-corrected chi connectivity index (χ1v) is 11.4. The molecule has 0 spiro atoms. The molecule has 5 rings (SSSR count). The SMILES string of the molecule is CN(NC(=O)/C(=C/c1ccc2c(c1)OCO2)NC(=O)c1ccccc1)c1ccnc2cc(Cl)ccc12. The van der Waals surface area contributed by atoms with Crippen LogP contribution in [0.2, 0.25) is 5.02 Å². The molecule has 0 atom stereocenters. The third-order valence-electron chi connectivity index (χ3n) is 5.55. The number of amides is 2. The van der Waals surface area contributed by atoms with Crippen LogP contribution in [0.1, 0.15) is 15.9 Å². The molecular formula is C27H21ClN4O4. The van der Waals surface area contributed by atoms with Gasteiger partial charge in [0.25, 0.3) is 11.8 Å². The van der Waals surface area contributed by atoms with Crippen LogP contribution in [0.4, 0.5) is 5.69 Å². The van der Waals surface area contributed by atoms with E-state index >= 15 is 0 Å². The fraction of sp³-hybridized carbons (Fsp3) is 0.0741.